The molecule has 0 saturated carbocycles. The van der Waals surface area contributed by atoms with Gasteiger partial charge in [-0.25, -0.2) is 0 Å². The van der Waals surface area contributed by atoms with E-state index in [1.54, 1.807) is 0 Å². The topological polar surface area (TPSA) is 82.0 Å². The minimum absolute atomic E-state index is 0.00271. The Morgan fingerprint density at radius 2 is 1.75 bits per heavy atom. The van der Waals surface area contributed by atoms with Crippen molar-refractivity contribution in [1.82, 2.24) is 0 Å². The highest BCUT2D eigenvalue weighted by Gasteiger charge is 2.37. The molecule has 1 heterocycles. The summed E-state index contributed by atoms with van der Waals surface area (Å²) in [7, 11) is 0. The number of para-hydroxylation sites is 1. The van der Waals surface area contributed by atoms with Crippen LogP contribution >= 0.6 is 0 Å². The lowest BCUT2D eigenvalue weighted by Gasteiger charge is -2.35. The second-order valence-corrected chi connectivity index (χ2v) is 3.81. The van der Waals surface area contributed by atoms with E-state index in [0.717, 1.165) is 5.69 Å². The van der Waals surface area contributed by atoms with Gasteiger partial charge in [0.1, 0.15) is 18.3 Å². The number of aliphatic hydroxyl groups excluding tert-OH is 3. The molecule has 1 unspecified atom stereocenters. The first-order valence-corrected chi connectivity index (χ1v) is 5.16. The SMILES string of the molecule is OC1[C@H](O)CO[C@@H](Nc2ccccc2)[C@@H]1O. The molecule has 5 heteroatoms. The average Bonchev–Trinajstić information content (AvgIpc) is 2.31. The molecule has 1 aliphatic heterocycles. The predicted molar refractivity (Wildman–Crippen MR) is 57.8 cm³/mol. The van der Waals surface area contributed by atoms with E-state index in [1.807, 2.05) is 30.3 Å². The van der Waals surface area contributed by atoms with E-state index in [-0.39, 0.29) is 6.61 Å². The summed E-state index contributed by atoms with van der Waals surface area (Å²) in [6.07, 6.45) is -4.08. The molecule has 4 atom stereocenters. The number of aliphatic hydroxyl groups is 3. The van der Waals surface area contributed by atoms with Crippen molar-refractivity contribution in [2.45, 2.75) is 24.5 Å². The molecule has 1 aromatic carbocycles. The molecule has 88 valence electrons. The van der Waals surface area contributed by atoms with Crippen molar-refractivity contribution < 1.29 is 20.1 Å². The van der Waals surface area contributed by atoms with Crippen LogP contribution in [0.15, 0.2) is 30.3 Å². The molecule has 0 aliphatic carbocycles. The third-order valence-electron chi connectivity index (χ3n) is 2.58. The summed E-state index contributed by atoms with van der Waals surface area (Å²) in [5.74, 6) is 0. The maximum Gasteiger partial charge on any atom is 0.156 e. The average molecular weight is 225 g/mol. The Bertz CT molecular complexity index is 332. The van der Waals surface area contributed by atoms with Crippen LogP contribution in [0.4, 0.5) is 5.69 Å². The molecule has 16 heavy (non-hydrogen) atoms. The summed E-state index contributed by atoms with van der Waals surface area (Å²) in [5.41, 5.74) is 0.787. The number of hydrogen-bond acceptors (Lipinski definition) is 5. The van der Waals surface area contributed by atoms with Gasteiger partial charge in [0, 0.05) is 5.69 Å². The fraction of sp³-hybridized carbons (Fsp3) is 0.455. The first kappa shape index (κ1) is 11.3. The maximum atomic E-state index is 9.67. The van der Waals surface area contributed by atoms with Gasteiger partial charge >= 0.3 is 0 Å². The van der Waals surface area contributed by atoms with E-state index in [9.17, 15) is 15.3 Å². The highest BCUT2D eigenvalue weighted by atomic mass is 16.5. The third-order valence-corrected chi connectivity index (χ3v) is 2.58. The Morgan fingerprint density at radius 1 is 1.06 bits per heavy atom. The van der Waals surface area contributed by atoms with Gasteiger partial charge < -0.3 is 25.4 Å². The summed E-state index contributed by atoms with van der Waals surface area (Å²) in [6.45, 7) is 0.00271. The maximum absolute atomic E-state index is 9.67. The fourth-order valence-corrected chi connectivity index (χ4v) is 1.63. The van der Waals surface area contributed by atoms with Crippen LogP contribution in [-0.4, -0.2) is 46.5 Å². The van der Waals surface area contributed by atoms with E-state index in [4.69, 9.17) is 4.74 Å². The number of anilines is 1. The van der Waals surface area contributed by atoms with Gasteiger partial charge in [-0.3, -0.25) is 0 Å². The molecule has 0 radical (unpaired) electrons. The van der Waals surface area contributed by atoms with Crippen molar-refractivity contribution in [2.75, 3.05) is 11.9 Å². The normalized spacial score (nSPS) is 34.7. The molecule has 1 fully saturated rings. The van der Waals surface area contributed by atoms with Crippen molar-refractivity contribution in [3.8, 4) is 0 Å². The lowest BCUT2D eigenvalue weighted by molar-refractivity contribution is -0.178. The molecule has 5 nitrogen and oxygen atoms in total. The van der Waals surface area contributed by atoms with Crippen LogP contribution < -0.4 is 5.32 Å². The molecule has 4 N–H and O–H groups in total. The number of rotatable bonds is 2. The van der Waals surface area contributed by atoms with E-state index < -0.39 is 24.5 Å². The molecule has 0 amide bonds. The van der Waals surface area contributed by atoms with Crippen LogP contribution in [0.5, 0.6) is 0 Å². The first-order chi connectivity index (χ1) is 7.68. The van der Waals surface area contributed by atoms with E-state index in [0.29, 0.717) is 0 Å². The largest absolute Gasteiger partial charge is 0.388 e. The van der Waals surface area contributed by atoms with Gasteiger partial charge in [0.05, 0.1) is 6.61 Å². The first-order valence-electron chi connectivity index (χ1n) is 5.16. The van der Waals surface area contributed by atoms with Crippen molar-refractivity contribution >= 4 is 5.69 Å². The van der Waals surface area contributed by atoms with E-state index in [1.165, 1.54) is 0 Å². The van der Waals surface area contributed by atoms with Crippen LogP contribution in [-0.2, 0) is 4.74 Å². The Labute approximate surface area is 93.3 Å². The Kier molecular flexibility index (Phi) is 3.40. The van der Waals surface area contributed by atoms with Crippen LogP contribution in [0, 0.1) is 0 Å². The summed E-state index contributed by atoms with van der Waals surface area (Å²) in [4.78, 5) is 0. The van der Waals surface area contributed by atoms with E-state index >= 15 is 0 Å². The molecule has 1 aliphatic rings. The predicted octanol–water partition coefficient (Wildman–Crippen LogP) is -0.463. The third kappa shape index (κ3) is 2.33. The van der Waals surface area contributed by atoms with Crippen LogP contribution in [0.2, 0.25) is 0 Å². The highest BCUT2D eigenvalue weighted by molar-refractivity contribution is 5.43. The smallest absolute Gasteiger partial charge is 0.156 e. The van der Waals surface area contributed by atoms with Crippen molar-refractivity contribution in [2.24, 2.45) is 0 Å². The standard InChI is InChI=1S/C11H15NO4/c13-8-6-16-11(10(15)9(8)14)12-7-4-2-1-3-5-7/h1-5,8-15H,6H2/t8-,9?,10-,11-/m1/s1. The second-order valence-electron chi connectivity index (χ2n) is 3.81. The summed E-state index contributed by atoms with van der Waals surface area (Å²) in [5, 5.41) is 31.4. The number of nitrogens with one attached hydrogen (secondary N) is 1. The van der Waals surface area contributed by atoms with Gasteiger partial charge in [0.15, 0.2) is 6.23 Å². The molecule has 0 spiro atoms. The van der Waals surface area contributed by atoms with Gasteiger partial charge in [-0.1, -0.05) is 18.2 Å². The van der Waals surface area contributed by atoms with Crippen molar-refractivity contribution in [1.29, 1.82) is 0 Å². The van der Waals surface area contributed by atoms with Gasteiger partial charge in [-0.2, -0.15) is 0 Å². The summed E-state index contributed by atoms with van der Waals surface area (Å²) in [6, 6.07) is 9.23. The quantitative estimate of drug-likeness (QED) is 0.547. The lowest BCUT2D eigenvalue weighted by Crippen LogP contribution is -2.55. The Hall–Kier alpha value is -1.14. The molecular formula is C11H15NO4. The van der Waals surface area contributed by atoms with Gasteiger partial charge in [0.25, 0.3) is 0 Å². The zero-order chi connectivity index (χ0) is 11.5. The minimum Gasteiger partial charge on any atom is -0.388 e. The minimum atomic E-state index is -1.19. The molecular weight excluding hydrogens is 210 g/mol. The van der Waals surface area contributed by atoms with Crippen LogP contribution in [0.3, 0.4) is 0 Å². The van der Waals surface area contributed by atoms with Crippen molar-refractivity contribution in [3.63, 3.8) is 0 Å². The monoisotopic (exact) mass is 225 g/mol. The number of ether oxygens (including phenoxy) is 1. The summed E-state index contributed by atoms with van der Waals surface area (Å²) >= 11 is 0. The Balaban J connectivity index is 2.00. The molecule has 1 aromatic rings. The number of hydrogen-bond donors (Lipinski definition) is 4. The summed E-state index contributed by atoms with van der Waals surface area (Å²) < 4.78 is 5.21. The lowest BCUT2D eigenvalue weighted by atomic mass is 10.0. The fourth-order valence-electron chi connectivity index (χ4n) is 1.63. The molecule has 0 aromatic heterocycles. The van der Waals surface area contributed by atoms with E-state index in [2.05, 4.69) is 5.32 Å². The number of benzene rings is 1. The molecule has 1 saturated heterocycles. The molecule has 0 bridgehead atoms. The molecule has 2 rings (SSSR count). The second kappa shape index (κ2) is 4.80. The van der Waals surface area contributed by atoms with Gasteiger partial charge in [0.2, 0.25) is 0 Å². The highest BCUT2D eigenvalue weighted by Crippen LogP contribution is 2.18. The van der Waals surface area contributed by atoms with Crippen LogP contribution in [0.1, 0.15) is 0 Å². The van der Waals surface area contributed by atoms with Crippen LogP contribution in [0.25, 0.3) is 0 Å². The van der Waals surface area contributed by atoms with Crippen molar-refractivity contribution in [3.05, 3.63) is 30.3 Å². The Morgan fingerprint density at radius 3 is 2.44 bits per heavy atom. The van der Waals surface area contributed by atoms with Gasteiger partial charge in [-0.15, -0.1) is 0 Å². The zero-order valence-corrected chi connectivity index (χ0v) is 8.65. The zero-order valence-electron chi connectivity index (χ0n) is 8.65. The van der Waals surface area contributed by atoms with Gasteiger partial charge in [-0.05, 0) is 12.1 Å².